The van der Waals surface area contributed by atoms with Gasteiger partial charge in [0.1, 0.15) is 5.82 Å². The highest BCUT2D eigenvalue weighted by Crippen LogP contribution is 2.15. The normalized spacial score (nSPS) is 14.9. The van der Waals surface area contributed by atoms with Crippen LogP contribution in [0.5, 0.6) is 0 Å². The van der Waals surface area contributed by atoms with Crippen LogP contribution in [0.15, 0.2) is 42.5 Å². The molecular weight excluding hydrogens is 341 g/mol. The molecule has 1 heterocycles. The van der Waals surface area contributed by atoms with Crippen molar-refractivity contribution in [1.82, 2.24) is 9.80 Å². The van der Waals surface area contributed by atoms with Crippen molar-refractivity contribution in [3.8, 4) is 0 Å². The van der Waals surface area contributed by atoms with Crippen molar-refractivity contribution in [3.63, 3.8) is 0 Å². The van der Waals surface area contributed by atoms with Crippen molar-refractivity contribution < 1.29 is 9.18 Å². The monoisotopic (exact) mass is 363 g/mol. The van der Waals surface area contributed by atoms with Crippen LogP contribution in [-0.4, -0.2) is 41.9 Å². The summed E-state index contributed by atoms with van der Waals surface area (Å²) < 4.78 is 13.7. The first-order valence-corrected chi connectivity index (χ1v) is 8.15. The van der Waals surface area contributed by atoms with Gasteiger partial charge in [-0.15, -0.1) is 12.4 Å². The molecule has 0 radical (unpaired) electrons. The molecule has 1 aliphatic heterocycles. The third kappa shape index (κ3) is 4.71. The van der Waals surface area contributed by atoms with Gasteiger partial charge in [0, 0.05) is 44.0 Å². The molecule has 4 nitrogen and oxygen atoms in total. The number of aryl methyl sites for hydroxylation is 1. The van der Waals surface area contributed by atoms with Crippen LogP contribution in [0.25, 0.3) is 0 Å². The number of halogens is 2. The van der Waals surface area contributed by atoms with Crippen molar-refractivity contribution in [1.29, 1.82) is 0 Å². The highest BCUT2D eigenvalue weighted by Gasteiger charge is 2.22. The maximum absolute atomic E-state index is 13.7. The number of nitrogen functional groups attached to an aromatic ring is 1. The second-order valence-corrected chi connectivity index (χ2v) is 6.28. The minimum absolute atomic E-state index is 0. The van der Waals surface area contributed by atoms with Crippen molar-refractivity contribution in [2.24, 2.45) is 0 Å². The molecule has 2 N–H and O–H groups in total. The van der Waals surface area contributed by atoms with Gasteiger partial charge < -0.3 is 10.6 Å². The number of hydrogen-bond acceptors (Lipinski definition) is 3. The zero-order valence-electron chi connectivity index (χ0n) is 14.2. The van der Waals surface area contributed by atoms with E-state index in [4.69, 9.17) is 5.73 Å². The van der Waals surface area contributed by atoms with Gasteiger partial charge in [0.25, 0.3) is 5.91 Å². The van der Waals surface area contributed by atoms with E-state index in [-0.39, 0.29) is 24.1 Å². The highest BCUT2D eigenvalue weighted by molar-refractivity contribution is 5.94. The van der Waals surface area contributed by atoms with Crippen LogP contribution >= 0.6 is 12.4 Å². The van der Waals surface area contributed by atoms with Crippen LogP contribution in [0.1, 0.15) is 21.5 Å². The number of nitrogens with two attached hydrogens (primary N) is 1. The van der Waals surface area contributed by atoms with Crippen LogP contribution in [0, 0.1) is 12.7 Å². The van der Waals surface area contributed by atoms with E-state index in [0.717, 1.165) is 25.3 Å². The van der Waals surface area contributed by atoms with Crippen molar-refractivity contribution in [2.75, 3.05) is 31.9 Å². The maximum atomic E-state index is 13.7. The molecule has 0 saturated carbocycles. The fraction of sp³-hybridized carbons (Fsp3) is 0.316. The van der Waals surface area contributed by atoms with E-state index in [2.05, 4.69) is 11.0 Å². The predicted molar refractivity (Wildman–Crippen MR) is 100 cm³/mol. The molecule has 0 aliphatic carbocycles. The molecule has 3 rings (SSSR count). The summed E-state index contributed by atoms with van der Waals surface area (Å²) in [5.74, 6) is -0.432. The molecule has 0 spiro atoms. The predicted octanol–water partition coefficient (Wildman–Crippen LogP) is 3.10. The van der Waals surface area contributed by atoms with E-state index in [9.17, 15) is 9.18 Å². The largest absolute Gasteiger partial charge is 0.399 e. The number of piperazine rings is 1. The van der Waals surface area contributed by atoms with E-state index < -0.39 is 0 Å². The molecule has 6 heteroatoms. The Morgan fingerprint density at radius 3 is 2.48 bits per heavy atom. The molecular formula is C19H23ClFN3O. The first-order valence-electron chi connectivity index (χ1n) is 8.15. The van der Waals surface area contributed by atoms with Crippen LogP contribution in [0.4, 0.5) is 10.1 Å². The Kier molecular flexibility index (Phi) is 6.39. The lowest BCUT2D eigenvalue weighted by molar-refractivity contribution is 0.0628. The minimum atomic E-state index is -0.332. The average Bonchev–Trinajstić information content (AvgIpc) is 2.57. The Labute approximate surface area is 153 Å². The Balaban J connectivity index is 0.00000225. The summed E-state index contributed by atoms with van der Waals surface area (Å²) in [5.41, 5.74) is 8.73. The first-order chi connectivity index (χ1) is 11.5. The molecule has 2 aromatic rings. The number of hydrogen-bond donors (Lipinski definition) is 1. The summed E-state index contributed by atoms with van der Waals surface area (Å²) >= 11 is 0. The fourth-order valence-electron chi connectivity index (χ4n) is 2.97. The first kappa shape index (κ1) is 19.2. The zero-order valence-corrected chi connectivity index (χ0v) is 15.1. The molecule has 1 fully saturated rings. The third-order valence-electron chi connectivity index (χ3n) is 4.44. The molecule has 134 valence electrons. The molecule has 0 bridgehead atoms. The fourth-order valence-corrected chi connectivity index (χ4v) is 2.97. The van der Waals surface area contributed by atoms with E-state index in [0.29, 0.717) is 24.2 Å². The average molecular weight is 364 g/mol. The molecule has 0 aromatic heterocycles. The summed E-state index contributed by atoms with van der Waals surface area (Å²) in [6, 6.07) is 12.5. The molecule has 1 saturated heterocycles. The van der Waals surface area contributed by atoms with Gasteiger partial charge in [-0.1, -0.05) is 18.2 Å². The van der Waals surface area contributed by atoms with E-state index in [1.54, 1.807) is 24.0 Å². The number of amides is 1. The van der Waals surface area contributed by atoms with Crippen LogP contribution in [-0.2, 0) is 6.54 Å². The Morgan fingerprint density at radius 1 is 1.12 bits per heavy atom. The van der Waals surface area contributed by atoms with Gasteiger partial charge in [0.15, 0.2) is 0 Å². The molecule has 1 amide bonds. The Bertz CT molecular complexity index is 745. The van der Waals surface area contributed by atoms with Crippen LogP contribution in [0.2, 0.25) is 0 Å². The van der Waals surface area contributed by atoms with Gasteiger partial charge >= 0.3 is 0 Å². The van der Waals surface area contributed by atoms with E-state index in [1.807, 2.05) is 18.2 Å². The smallest absolute Gasteiger partial charge is 0.254 e. The van der Waals surface area contributed by atoms with E-state index in [1.165, 1.54) is 11.6 Å². The van der Waals surface area contributed by atoms with Gasteiger partial charge in [-0.3, -0.25) is 9.69 Å². The topological polar surface area (TPSA) is 49.6 Å². The summed E-state index contributed by atoms with van der Waals surface area (Å²) in [6.45, 7) is 5.42. The lowest BCUT2D eigenvalue weighted by Crippen LogP contribution is -2.48. The SMILES string of the molecule is Cc1ccc(C(=O)N2CCN(Cc3cccc(N)c3)CC2)cc1F.Cl. The van der Waals surface area contributed by atoms with Gasteiger partial charge in [-0.2, -0.15) is 0 Å². The third-order valence-corrected chi connectivity index (χ3v) is 4.44. The molecule has 2 aromatic carbocycles. The molecule has 0 atom stereocenters. The van der Waals surface area contributed by atoms with Crippen molar-refractivity contribution in [3.05, 3.63) is 65.0 Å². The quantitative estimate of drug-likeness (QED) is 0.852. The Morgan fingerprint density at radius 2 is 1.84 bits per heavy atom. The number of rotatable bonds is 3. The van der Waals surface area contributed by atoms with Gasteiger partial charge in [-0.25, -0.2) is 4.39 Å². The number of anilines is 1. The molecule has 0 unspecified atom stereocenters. The summed E-state index contributed by atoms with van der Waals surface area (Å²) in [5, 5.41) is 0. The van der Waals surface area contributed by atoms with Crippen molar-refractivity contribution >= 4 is 24.0 Å². The number of carbonyl (C=O) groups is 1. The number of nitrogens with zero attached hydrogens (tertiary/aromatic N) is 2. The van der Waals surface area contributed by atoms with Crippen LogP contribution < -0.4 is 5.73 Å². The van der Waals surface area contributed by atoms with Crippen molar-refractivity contribution in [2.45, 2.75) is 13.5 Å². The van der Waals surface area contributed by atoms with Gasteiger partial charge in [0.05, 0.1) is 0 Å². The second kappa shape index (κ2) is 8.32. The Hall–Kier alpha value is -2.11. The summed E-state index contributed by atoms with van der Waals surface area (Å²) in [6.07, 6.45) is 0. The number of carbonyl (C=O) groups excluding carboxylic acids is 1. The van der Waals surface area contributed by atoms with Gasteiger partial charge in [-0.05, 0) is 42.3 Å². The van der Waals surface area contributed by atoms with Gasteiger partial charge in [0.2, 0.25) is 0 Å². The lowest BCUT2D eigenvalue weighted by Gasteiger charge is -2.34. The van der Waals surface area contributed by atoms with Crippen LogP contribution in [0.3, 0.4) is 0 Å². The standard InChI is InChI=1S/C19H22FN3O.ClH/c1-14-5-6-16(12-18(14)20)19(24)23-9-7-22(8-10-23)13-15-3-2-4-17(21)11-15;/h2-6,11-12H,7-10,13,21H2,1H3;1H. The summed E-state index contributed by atoms with van der Waals surface area (Å²) in [7, 11) is 0. The molecule has 1 aliphatic rings. The lowest BCUT2D eigenvalue weighted by atomic mass is 10.1. The zero-order chi connectivity index (χ0) is 17.1. The second-order valence-electron chi connectivity index (χ2n) is 6.28. The molecule has 25 heavy (non-hydrogen) atoms. The van der Waals surface area contributed by atoms with E-state index >= 15 is 0 Å². The maximum Gasteiger partial charge on any atom is 0.254 e. The number of benzene rings is 2. The minimum Gasteiger partial charge on any atom is -0.399 e. The highest BCUT2D eigenvalue weighted by atomic mass is 35.5. The summed E-state index contributed by atoms with van der Waals surface area (Å²) in [4.78, 5) is 16.6.